The number of amides is 2. The first-order valence-corrected chi connectivity index (χ1v) is 11.3. The van der Waals surface area contributed by atoms with Gasteiger partial charge in [0.2, 0.25) is 0 Å². The minimum absolute atomic E-state index is 0.0144. The van der Waals surface area contributed by atoms with Gasteiger partial charge in [-0.2, -0.15) is 13.2 Å². The van der Waals surface area contributed by atoms with E-state index >= 15 is 0 Å². The fraction of sp³-hybridized carbons (Fsp3) is 0.0476. The lowest BCUT2D eigenvalue weighted by Crippen LogP contribution is -2.38. The number of carbonyl (C=O) groups excluding carboxylic acids is 2. The van der Waals surface area contributed by atoms with Crippen LogP contribution in [0.1, 0.15) is 26.3 Å². The maximum Gasteiger partial charge on any atom is 0.416 e. The van der Waals surface area contributed by atoms with E-state index in [1.807, 2.05) is 0 Å². The molecule has 32 heavy (non-hydrogen) atoms. The van der Waals surface area contributed by atoms with Gasteiger partial charge >= 0.3 is 6.18 Å². The van der Waals surface area contributed by atoms with E-state index < -0.39 is 29.2 Å². The highest BCUT2D eigenvalue weighted by Gasteiger charge is 2.35. The Morgan fingerprint density at radius 1 is 0.719 bits per heavy atom. The Morgan fingerprint density at radius 3 is 1.59 bits per heavy atom. The number of halogens is 8. The molecule has 0 bridgehead atoms. The van der Waals surface area contributed by atoms with Gasteiger partial charge in [-0.25, -0.2) is 4.90 Å². The van der Waals surface area contributed by atoms with E-state index in [1.54, 1.807) is 12.1 Å². The normalized spacial score (nSPS) is 11.4. The summed E-state index contributed by atoms with van der Waals surface area (Å²) in [6.07, 6.45) is -4.74. The van der Waals surface area contributed by atoms with Crippen LogP contribution in [-0.4, -0.2) is 11.8 Å². The third kappa shape index (κ3) is 5.31. The predicted molar refractivity (Wildman–Crippen MR) is 126 cm³/mol. The van der Waals surface area contributed by atoms with Crippen LogP contribution in [0.25, 0.3) is 0 Å². The quantitative estimate of drug-likeness (QED) is 0.272. The van der Waals surface area contributed by atoms with E-state index in [4.69, 9.17) is 34.8 Å². The van der Waals surface area contributed by atoms with Gasteiger partial charge in [-0.05, 0) is 54.6 Å². The molecule has 0 aliphatic heterocycles. The van der Waals surface area contributed by atoms with Crippen molar-refractivity contribution in [3.63, 3.8) is 0 Å². The molecule has 3 aromatic rings. The largest absolute Gasteiger partial charge is 0.416 e. The number of nitrogens with zero attached hydrogens (tertiary/aromatic N) is 1. The number of rotatable bonds is 3. The second-order valence-electron chi connectivity index (χ2n) is 6.36. The smallest absolute Gasteiger partial charge is 0.268 e. The van der Waals surface area contributed by atoms with E-state index in [2.05, 4.69) is 31.9 Å². The van der Waals surface area contributed by atoms with Crippen molar-refractivity contribution in [2.75, 3.05) is 4.90 Å². The van der Waals surface area contributed by atoms with Crippen LogP contribution in [0.4, 0.5) is 18.9 Å². The average Bonchev–Trinajstić information content (AvgIpc) is 2.72. The van der Waals surface area contributed by atoms with Crippen molar-refractivity contribution >= 4 is 84.2 Å². The number of imide groups is 1. The molecule has 0 unspecified atom stereocenters. The number of anilines is 1. The van der Waals surface area contributed by atoms with Gasteiger partial charge in [0.15, 0.2) is 0 Å². The Bertz CT molecular complexity index is 1170. The summed E-state index contributed by atoms with van der Waals surface area (Å²) in [5, 5.41) is -0.282. The maximum atomic E-state index is 13.4. The molecular weight excluding hydrogens is 621 g/mol. The standard InChI is InChI=1S/C21H9Br2Cl3F3NO2/c22-11-2-5-15(24)13(8-11)19(31)30(20(32)14-9-12(23)3-6-16(14)25)18-7-10(21(27,28)29)1-4-17(18)26/h1-9H. The molecule has 0 aliphatic carbocycles. The lowest BCUT2D eigenvalue weighted by molar-refractivity contribution is -0.137. The summed E-state index contributed by atoms with van der Waals surface area (Å²) in [5.41, 5.74) is -1.82. The highest BCUT2D eigenvalue weighted by molar-refractivity contribution is 9.10. The van der Waals surface area contributed by atoms with E-state index in [-0.39, 0.29) is 26.2 Å². The van der Waals surface area contributed by atoms with Crippen LogP contribution in [-0.2, 0) is 6.18 Å². The number of benzene rings is 3. The molecular formula is C21H9Br2Cl3F3NO2. The first-order valence-electron chi connectivity index (χ1n) is 8.56. The van der Waals surface area contributed by atoms with Gasteiger partial charge in [0, 0.05) is 8.95 Å². The molecule has 0 spiro atoms. The summed E-state index contributed by atoms with van der Waals surface area (Å²) in [6, 6.07) is 10.9. The predicted octanol–water partition coefficient (Wildman–Crippen LogP) is 8.68. The first-order chi connectivity index (χ1) is 14.9. The molecule has 0 atom stereocenters. The molecule has 0 heterocycles. The van der Waals surface area contributed by atoms with Crippen LogP contribution in [0.5, 0.6) is 0 Å². The van der Waals surface area contributed by atoms with Crippen LogP contribution >= 0.6 is 66.7 Å². The van der Waals surface area contributed by atoms with Crippen LogP contribution < -0.4 is 4.90 Å². The molecule has 0 fully saturated rings. The monoisotopic (exact) mass is 627 g/mol. The molecule has 0 saturated carbocycles. The van der Waals surface area contributed by atoms with E-state index in [1.165, 1.54) is 24.3 Å². The number of hydrogen-bond donors (Lipinski definition) is 0. The van der Waals surface area contributed by atoms with Crippen LogP contribution in [0.3, 0.4) is 0 Å². The SMILES string of the molecule is O=C(c1cc(Br)ccc1Cl)N(C(=O)c1cc(Br)ccc1Cl)c1cc(C(F)(F)F)ccc1Cl. The van der Waals surface area contributed by atoms with E-state index in [9.17, 15) is 22.8 Å². The van der Waals surface area contributed by atoms with Crippen LogP contribution in [0, 0.1) is 0 Å². The molecule has 3 nitrogen and oxygen atoms in total. The van der Waals surface area contributed by atoms with Gasteiger partial charge in [0.05, 0.1) is 37.4 Å². The third-order valence-electron chi connectivity index (χ3n) is 4.24. The summed E-state index contributed by atoms with van der Waals surface area (Å²) in [5.74, 6) is -1.97. The van der Waals surface area contributed by atoms with Crippen molar-refractivity contribution in [1.29, 1.82) is 0 Å². The van der Waals surface area contributed by atoms with E-state index in [0.717, 1.165) is 12.1 Å². The lowest BCUT2D eigenvalue weighted by atomic mass is 10.1. The minimum Gasteiger partial charge on any atom is -0.268 e. The van der Waals surface area contributed by atoms with Crippen molar-refractivity contribution in [3.05, 3.63) is 95.3 Å². The number of carbonyl (C=O) groups is 2. The van der Waals surface area contributed by atoms with Gasteiger partial charge in [0.1, 0.15) is 0 Å². The van der Waals surface area contributed by atoms with Crippen molar-refractivity contribution in [2.24, 2.45) is 0 Å². The van der Waals surface area contributed by atoms with E-state index in [0.29, 0.717) is 19.9 Å². The zero-order valence-electron chi connectivity index (χ0n) is 15.5. The molecule has 2 amide bonds. The molecule has 0 aromatic heterocycles. The lowest BCUT2D eigenvalue weighted by Gasteiger charge is -2.24. The molecule has 0 aliphatic rings. The summed E-state index contributed by atoms with van der Waals surface area (Å²) in [7, 11) is 0. The van der Waals surface area contributed by atoms with Crippen molar-refractivity contribution in [3.8, 4) is 0 Å². The second kappa shape index (κ2) is 9.73. The van der Waals surface area contributed by atoms with Crippen molar-refractivity contribution in [1.82, 2.24) is 0 Å². The Morgan fingerprint density at radius 2 is 1.16 bits per heavy atom. The van der Waals surface area contributed by atoms with Crippen LogP contribution in [0.2, 0.25) is 15.1 Å². The summed E-state index contributed by atoms with van der Waals surface area (Å²) < 4.78 is 41.0. The van der Waals surface area contributed by atoms with Gasteiger partial charge in [-0.15, -0.1) is 0 Å². The maximum absolute atomic E-state index is 13.4. The Balaban J connectivity index is 2.27. The topological polar surface area (TPSA) is 37.4 Å². The van der Waals surface area contributed by atoms with Gasteiger partial charge < -0.3 is 0 Å². The fourth-order valence-corrected chi connectivity index (χ4v) is 4.06. The van der Waals surface area contributed by atoms with Crippen molar-refractivity contribution in [2.45, 2.75) is 6.18 Å². The first kappa shape index (κ1) is 25.1. The number of hydrogen-bond acceptors (Lipinski definition) is 2. The number of alkyl halides is 3. The minimum atomic E-state index is -4.74. The fourth-order valence-electron chi connectivity index (χ4n) is 2.74. The Hall–Kier alpha value is -1.58. The average molecular weight is 630 g/mol. The summed E-state index contributed by atoms with van der Waals surface area (Å²) in [6.45, 7) is 0. The van der Waals surface area contributed by atoms with Crippen molar-refractivity contribution < 1.29 is 22.8 Å². The zero-order valence-corrected chi connectivity index (χ0v) is 20.9. The van der Waals surface area contributed by atoms with Gasteiger partial charge in [-0.1, -0.05) is 66.7 Å². The molecule has 0 saturated heterocycles. The molecule has 166 valence electrons. The summed E-state index contributed by atoms with van der Waals surface area (Å²) in [4.78, 5) is 27.4. The summed E-state index contributed by atoms with van der Waals surface area (Å²) >= 11 is 24.9. The Labute approximate surface area is 212 Å². The van der Waals surface area contributed by atoms with Gasteiger partial charge in [0.25, 0.3) is 11.8 Å². The molecule has 3 aromatic carbocycles. The molecule has 0 radical (unpaired) electrons. The molecule has 3 rings (SSSR count). The highest BCUT2D eigenvalue weighted by Crippen LogP contribution is 2.38. The van der Waals surface area contributed by atoms with Crippen LogP contribution in [0.15, 0.2) is 63.5 Å². The Kier molecular flexibility index (Phi) is 7.62. The highest BCUT2D eigenvalue weighted by atomic mass is 79.9. The zero-order chi connectivity index (χ0) is 23.8. The second-order valence-corrected chi connectivity index (χ2v) is 9.41. The molecule has 11 heteroatoms. The third-order valence-corrected chi connectivity index (χ3v) is 6.20. The van der Waals surface area contributed by atoms with Gasteiger partial charge in [-0.3, -0.25) is 9.59 Å². The molecule has 0 N–H and O–H groups in total.